The Morgan fingerprint density at radius 1 is 1.00 bits per heavy atom. The fourth-order valence-electron chi connectivity index (χ4n) is 1.64. The lowest BCUT2D eigenvalue weighted by atomic mass is 10.1. The quantitative estimate of drug-likeness (QED) is 0.805. The summed E-state index contributed by atoms with van der Waals surface area (Å²) in [6, 6.07) is 7.95. The van der Waals surface area contributed by atoms with Gasteiger partial charge in [-0.1, -0.05) is 6.07 Å². The molecule has 1 aromatic heterocycles. The van der Waals surface area contributed by atoms with Crippen LogP contribution in [0.3, 0.4) is 0 Å². The number of hydrogen-bond acceptors (Lipinski definition) is 4. The van der Waals surface area contributed by atoms with Gasteiger partial charge >= 0.3 is 0 Å². The first-order chi connectivity index (χ1) is 7.63. The number of anilines is 3. The molecule has 0 aliphatic carbocycles. The van der Waals surface area contributed by atoms with Crippen molar-refractivity contribution in [1.82, 2.24) is 9.97 Å². The summed E-state index contributed by atoms with van der Waals surface area (Å²) in [4.78, 5) is 7.94. The summed E-state index contributed by atoms with van der Waals surface area (Å²) < 4.78 is 0. The fourth-order valence-corrected chi connectivity index (χ4v) is 1.64. The second kappa shape index (κ2) is 4.18. The number of nitrogens with two attached hydrogens (primary N) is 1. The van der Waals surface area contributed by atoms with Crippen molar-refractivity contribution in [3.63, 3.8) is 0 Å². The van der Waals surface area contributed by atoms with Gasteiger partial charge in [0.15, 0.2) is 0 Å². The number of nitrogen functional groups attached to an aromatic ring is 1. The monoisotopic (exact) mass is 214 g/mol. The van der Waals surface area contributed by atoms with E-state index in [-0.39, 0.29) is 0 Å². The Bertz CT molecular complexity index is 488. The first kappa shape index (κ1) is 10.4. The van der Waals surface area contributed by atoms with Crippen LogP contribution in [0.25, 0.3) is 0 Å². The summed E-state index contributed by atoms with van der Waals surface area (Å²) in [6.45, 7) is 4.12. The molecular formula is C12H14N4. The van der Waals surface area contributed by atoms with E-state index in [0.29, 0.717) is 11.6 Å². The molecule has 0 atom stereocenters. The van der Waals surface area contributed by atoms with Crippen LogP contribution in [0.4, 0.5) is 17.3 Å². The van der Waals surface area contributed by atoms with Gasteiger partial charge in [-0.2, -0.15) is 0 Å². The number of aromatic nitrogens is 2. The van der Waals surface area contributed by atoms with E-state index in [0.717, 1.165) is 5.69 Å². The van der Waals surface area contributed by atoms with Gasteiger partial charge in [0, 0.05) is 11.8 Å². The van der Waals surface area contributed by atoms with Crippen LogP contribution in [0, 0.1) is 13.8 Å². The summed E-state index contributed by atoms with van der Waals surface area (Å²) >= 11 is 0. The van der Waals surface area contributed by atoms with Crippen LogP contribution in [-0.2, 0) is 0 Å². The minimum absolute atomic E-state index is 0.460. The van der Waals surface area contributed by atoms with Crippen LogP contribution in [0.5, 0.6) is 0 Å². The SMILES string of the molecule is Cc1cc(C)cc(Nc2cc(N)ncn2)c1. The van der Waals surface area contributed by atoms with E-state index < -0.39 is 0 Å². The molecule has 4 heteroatoms. The molecule has 4 nitrogen and oxygen atoms in total. The van der Waals surface area contributed by atoms with Crippen molar-refractivity contribution in [3.8, 4) is 0 Å². The van der Waals surface area contributed by atoms with Crippen molar-refractivity contribution in [2.45, 2.75) is 13.8 Å². The van der Waals surface area contributed by atoms with E-state index in [4.69, 9.17) is 5.73 Å². The second-order valence-electron chi connectivity index (χ2n) is 3.83. The molecule has 0 aliphatic heterocycles. The van der Waals surface area contributed by atoms with Crippen molar-refractivity contribution >= 4 is 17.3 Å². The van der Waals surface area contributed by atoms with Gasteiger partial charge in [0.25, 0.3) is 0 Å². The third kappa shape index (κ3) is 2.48. The highest BCUT2D eigenvalue weighted by Crippen LogP contribution is 2.18. The smallest absolute Gasteiger partial charge is 0.135 e. The van der Waals surface area contributed by atoms with Crippen molar-refractivity contribution in [3.05, 3.63) is 41.7 Å². The summed E-state index contributed by atoms with van der Waals surface area (Å²) in [5.74, 6) is 1.17. The second-order valence-corrected chi connectivity index (χ2v) is 3.83. The lowest BCUT2D eigenvalue weighted by Crippen LogP contribution is -1.97. The first-order valence-electron chi connectivity index (χ1n) is 5.06. The summed E-state index contributed by atoms with van der Waals surface area (Å²) in [5.41, 5.74) is 9.02. The summed E-state index contributed by atoms with van der Waals surface area (Å²) in [5, 5.41) is 3.20. The van der Waals surface area contributed by atoms with E-state index in [2.05, 4.69) is 47.3 Å². The molecule has 82 valence electrons. The molecule has 1 aromatic carbocycles. The van der Waals surface area contributed by atoms with Crippen molar-refractivity contribution in [2.75, 3.05) is 11.1 Å². The number of rotatable bonds is 2. The van der Waals surface area contributed by atoms with E-state index in [1.54, 1.807) is 6.07 Å². The van der Waals surface area contributed by atoms with E-state index in [1.807, 2.05) is 0 Å². The molecule has 2 rings (SSSR count). The van der Waals surface area contributed by atoms with Gasteiger partial charge < -0.3 is 11.1 Å². The Labute approximate surface area is 94.5 Å². The molecule has 3 N–H and O–H groups in total. The highest BCUT2D eigenvalue weighted by molar-refractivity contribution is 5.59. The maximum absolute atomic E-state index is 5.58. The standard InChI is InChI=1S/C12H14N4/c1-8-3-9(2)5-10(4-8)16-12-6-11(13)14-7-15-12/h3-7H,1-2H3,(H3,13,14,15,16). The lowest BCUT2D eigenvalue weighted by molar-refractivity contribution is 1.17. The molecule has 1 heterocycles. The van der Waals surface area contributed by atoms with Gasteiger partial charge in [0.1, 0.15) is 18.0 Å². The minimum Gasteiger partial charge on any atom is -0.384 e. The van der Waals surface area contributed by atoms with Crippen molar-refractivity contribution < 1.29 is 0 Å². The molecule has 2 aromatic rings. The number of hydrogen-bond donors (Lipinski definition) is 2. The average Bonchev–Trinajstić information content (AvgIpc) is 2.15. The zero-order valence-corrected chi connectivity index (χ0v) is 9.36. The number of benzene rings is 1. The van der Waals surface area contributed by atoms with Crippen LogP contribution in [0.1, 0.15) is 11.1 Å². The third-order valence-corrected chi connectivity index (χ3v) is 2.18. The van der Waals surface area contributed by atoms with E-state index >= 15 is 0 Å². The van der Waals surface area contributed by atoms with Crippen LogP contribution in [0.2, 0.25) is 0 Å². The van der Waals surface area contributed by atoms with Crippen LogP contribution < -0.4 is 11.1 Å². The minimum atomic E-state index is 0.460. The molecule has 0 saturated heterocycles. The Balaban J connectivity index is 2.27. The normalized spacial score (nSPS) is 10.1. The lowest BCUT2D eigenvalue weighted by Gasteiger charge is -2.07. The molecule has 0 amide bonds. The van der Waals surface area contributed by atoms with Gasteiger partial charge in [-0.05, 0) is 37.1 Å². The predicted octanol–water partition coefficient (Wildman–Crippen LogP) is 2.42. The third-order valence-electron chi connectivity index (χ3n) is 2.18. The molecule has 0 radical (unpaired) electrons. The molecular weight excluding hydrogens is 200 g/mol. The Hall–Kier alpha value is -2.10. The molecule has 0 fully saturated rings. The topological polar surface area (TPSA) is 63.8 Å². The molecule has 0 spiro atoms. The molecule has 0 unspecified atom stereocenters. The van der Waals surface area contributed by atoms with Crippen LogP contribution >= 0.6 is 0 Å². The van der Waals surface area contributed by atoms with Crippen LogP contribution in [0.15, 0.2) is 30.6 Å². The average molecular weight is 214 g/mol. The predicted molar refractivity (Wildman–Crippen MR) is 65.6 cm³/mol. The zero-order valence-electron chi connectivity index (χ0n) is 9.36. The van der Waals surface area contributed by atoms with Gasteiger partial charge in [-0.25, -0.2) is 9.97 Å². The molecule has 16 heavy (non-hydrogen) atoms. The number of nitrogens with zero attached hydrogens (tertiary/aromatic N) is 2. The number of nitrogens with one attached hydrogen (secondary N) is 1. The largest absolute Gasteiger partial charge is 0.384 e. The Kier molecular flexibility index (Phi) is 2.72. The Morgan fingerprint density at radius 2 is 1.69 bits per heavy atom. The van der Waals surface area contributed by atoms with Crippen molar-refractivity contribution in [2.24, 2.45) is 0 Å². The fraction of sp³-hybridized carbons (Fsp3) is 0.167. The number of aryl methyl sites for hydroxylation is 2. The zero-order chi connectivity index (χ0) is 11.5. The highest BCUT2D eigenvalue weighted by atomic mass is 15.0. The maximum Gasteiger partial charge on any atom is 0.135 e. The first-order valence-corrected chi connectivity index (χ1v) is 5.06. The highest BCUT2D eigenvalue weighted by Gasteiger charge is 1.98. The molecule has 0 bridgehead atoms. The summed E-state index contributed by atoms with van der Waals surface area (Å²) in [7, 11) is 0. The van der Waals surface area contributed by atoms with Crippen molar-refractivity contribution in [1.29, 1.82) is 0 Å². The van der Waals surface area contributed by atoms with E-state index in [9.17, 15) is 0 Å². The molecule has 0 saturated carbocycles. The molecule has 0 aliphatic rings. The van der Waals surface area contributed by atoms with Gasteiger partial charge in [0.2, 0.25) is 0 Å². The Morgan fingerprint density at radius 3 is 2.31 bits per heavy atom. The van der Waals surface area contributed by atoms with Gasteiger partial charge in [0.05, 0.1) is 0 Å². The van der Waals surface area contributed by atoms with E-state index in [1.165, 1.54) is 17.5 Å². The van der Waals surface area contributed by atoms with Gasteiger partial charge in [-0.15, -0.1) is 0 Å². The summed E-state index contributed by atoms with van der Waals surface area (Å²) in [6.07, 6.45) is 1.44. The van der Waals surface area contributed by atoms with Crippen LogP contribution in [-0.4, -0.2) is 9.97 Å². The maximum atomic E-state index is 5.58. The van der Waals surface area contributed by atoms with Gasteiger partial charge in [-0.3, -0.25) is 0 Å².